The molecule has 0 spiro atoms. The van der Waals surface area contributed by atoms with Crippen LogP contribution in [-0.2, 0) is 5.41 Å². The summed E-state index contributed by atoms with van der Waals surface area (Å²) in [5, 5.41) is 9.85. The Hall–Kier alpha value is -1.11. The molecule has 15 heavy (non-hydrogen) atoms. The Kier molecular flexibility index (Phi) is 3.67. The van der Waals surface area contributed by atoms with Crippen molar-refractivity contribution in [3.8, 4) is 6.07 Å². The van der Waals surface area contributed by atoms with Crippen LogP contribution in [0.3, 0.4) is 0 Å². The van der Waals surface area contributed by atoms with Gasteiger partial charge in [0.2, 0.25) is 0 Å². The number of nitrogens with two attached hydrogens (primary N) is 1. The summed E-state index contributed by atoms with van der Waals surface area (Å²) < 4.78 is 0. The summed E-state index contributed by atoms with van der Waals surface area (Å²) in [6, 6.07) is 9.23. The second-order valence-electron chi connectivity index (χ2n) is 3.24. The maximum Gasteiger partial charge on any atom is 0.132 e. The molecule has 1 rings (SSSR count). The van der Waals surface area contributed by atoms with Gasteiger partial charge in [0.15, 0.2) is 0 Å². The van der Waals surface area contributed by atoms with Crippen molar-refractivity contribution in [3.05, 3.63) is 34.9 Å². The first-order chi connectivity index (χ1) is 7.06. The van der Waals surface area contributed by atoms with Gasteiger partial charge in [-0.15, -0.1) is 0 Å². The van der Waals surface area contributed by atoms with E-state index in [0.717, 1.165) is 5.56 Å². The van der Waals surface area contributed by atoms with E-state index < -0.39 is 5.41 Å². The minimum absolute atomic E-state index is 0.204. The van der Waals surface area contributed by atoms with Crippen LogP contribution in [0.4, 0.5) is 0 Å². The van der Waals surface area contributed by atoms with Crippen LogP contribution in [0.25, 0.3) is 0 Å². The highest BCUT2D eigenvalue weighted by Crippen LogP contribution is 2.28. The Morgan fingerprint density at radius 2 is 2.07 bits per heavy atom. The molecule has 1 atom stereocenters. The van der Waals surface area contributed by atoms with Gasteiger partial charge >= 0.3 is 0 Å². The monoisotopic (exact) mass is 238 g/mol. The molecule has 0 heterocycles. The van der Waals surface area contributed by atoms with Crippen LogP contribution in [0.15, 0.2) is 24.3 Å². The Morgan fingerprint density at radius 3 is 2.40 bits per heavy atom. The number of hydrogen-bond donors (Lipinski definition) is 1. The van der Waals surface area contributed by atoms with Gasteiger partial charge in [0.1, 0.15) is 5.41 Å². The van der Waals surface area contributed by atoms with Crippen LogP contribution in [0.5, 0.6) is 0 Å². The zero-order valence-electron chi connectivity index (χ0n) is 8.33. The van der Waals surface area contributed by atoms with Gasteiger partial charge in [0, 0.05) is 5.02 Å². The molecule has 2 N–H and O–H groups in total. The van der Waals surface area contributed by atoms with Crippen LogP contribution in [0, 0.1) is 11.3 Å². The van der Waals surface area contributed by atoms with Crippen molar-refractivity contribution >= 4 is 28.8 Å². The average molecular weight is 239 g/mol. The summed E-state index contributed by atoms with van der Waals surface area (Å²) in [5.41, 5.74) is 5.56. The highest BCUT2D eigenvalue weighted by atomic mass is 35.5. The molecule has 0 saturated carbocycles. The lowest BCUT2D eigenvalue weighted by Gasteiger charge is -2.24. The van der Waals surface area contributed by atoms with Gasteiger partial charge in [0.25, 0.3) is 0 Å². The van der Waals surface area contributed by atoms with Crippen LogP contribution >= 0.6 is 23.8 Å². The van der Waals surface area contributed by atoms with Crippen molar-refractivity contribution in [1.29, 1.82) is 5.26 Å². The number of rotatable bonds is 3. The normalized spacial score (nSPS) is 13.9. The Labute approximate surface area is 99.7 Å². The van der Waals surface area contributed by atoms with Crippen molar-refractivity contribution in [2.75, 3.05) is 0 Å². The molecule has 0 amide bonds. The zero-order valence-corrected chi connectivity index (χ0v) is 9.90. The predicted octanol–water partition coefficient (Wildman–Crippen LogP) is 2.80. The molecular formula is C11H11ClN2S. The molecule has 1 aromatic carbocycles. The molecule has 0 aliphatic heterocycles. The molecule has 4 heteroatoms. The van der Waals surface area contributed by atoms with E-state index in [1.165, 1.54) is 0 Å². The van der Waals surface area contributed by atoms with Gasteiger partial charge < -0.3 is 5.73 Å². The van der Waals surface area contributed by atoms with Gasteiger partial charge in [-0.2, -0.15) is 5.26 Å². The molecule has 0 saturated heterocycles. The van der Waals surface area contributed by atoms with Crippen molar-refractivity contribution in [3.63, 3.8) is 0 Å². The summed E-state index contributed by atoms with van der Waals surface area (Å²) in [7, 11) is 0. The lowest BCUT2D eigenvalue weighted by Crippen LogP contribution is -2.37. The molecule has 1 aromatic rings. The van der Waals surface area contributed by atoms with E-state index >= 15 is 0 Å². The fourth-order valence-electron chi connectivity index (χ4n) is 1.45. The van der Waals surface area contributed by atoms with E-state index in [1.54, 1.807) is 24.3 Å². The topological polar surface area (TPSA) is 49.8 Å². The Balaban J connectivity index is 3.28. The largest absolute Gasteiger partial charge is 0.392 e. The summed E-state index contributed by atoms with van der Waals surface area (Å²) >= 11 is 10.7. The van der Waals surface area contributed by atoms with Crippen LogP contribution < -0.4 is 5.73 Å². The Bertz CT molecular complexity index is 408. The maximum atomic E-state index is 9.22. The number of hydrogen-bond acceptors (Lipinski definition) is 2. The number of thiocarbonyl (C=S) groups is 1. The summed E-state index contributed by atoms with van der Waals surface area (Å²) in [6.45, 7) is 1.89. The number of halogens is 1. The first-order valence-corrected chi connectivity index (χ1v) is 5.32. The summed E-state index contributed by atoms with van der Waals surface area (Å²) in [4.78, 5) is 0.204. The fraction of sp³-hybridized carbons (Fsp3) is 0.273. The third-order valence-corrected chi connectivity index (χ3v) is 3.08. The van der Waals surface area contributed by atoms with Gasteiger partial charge in [-0.25, -0.2) is 0 Å². The third-order valence-electron chi connectivity index (χ3n) is 2.48. The lowest BCUT2D eigenvalue weighted by molar-refractivity contribution is 0.701. The molecule has 2 nitrogen and oxygen atoms in total. The molecule has 0 bridgehead atoms. The predicted molar refractivity (Wildman–Crippen MR) is 65.8 cm³/mol. The molecule has 0 fully saturated rings. The van der Waals surface area contributed by atoms with Crippen molar-refractivity contribution in [2.24, 2.45) is 5.73 Å². The van der Waals surface area contributed by atoms with Crippen LogP contribution in [0.2, 0.25) is 5.02 Å². The van der Waals surface area contributed by atoms with E-state index in [0.29, 0.717) is 11.4 Å². The second-order valence-corrected chi connectivity index (χ2v) is 4.12. The highest BCUT2D eigenvalue weighted by Gasteiger charge is 2.33. The minimum Gasteiger partial charge on any atom is -0.392 e. The molecule has 1 unspecified atom stereocenters. The SMILES string of the molecule is CCC(C#N)(C(N)=S)c1ccc(Cl)cc1. The molecule has 78 valence electrons. The average Bonchev–Trinajstić information content (AvgIpc) is 2.22. The number of nitrogens with zero attached hydrogens (tertiary/aromatic N) is 1. The molecule has 0 aliphatic carbocycles. The molecule has 0 aromatic heterocycles. The molecule has 0 aliphatic rings. The van der Waals surface area contributed by atoms with Gasteiger partial charge in [-0.1, -0.05) is 42.9 Å². The number of benzene rings is 1. The van der Waals surface area contributed by atoms with E-state index in [-0.39, 0.29) is 4.99 Å². The highest BCUT2D eigenvalue weighted by molar-refractivity contribution is 7.80. The fourth-order valence-corrected chi connectivity index (χ4v) is 1.89. The smallest absolute Gasteiger partial charge is 0.132 e. The van der Waals surface area contributed by atoms with Crippen molar-refractivity contribution < 1.29 is 0 Å². The van der Waals surface area contributed by atoms with E-state index in [4.69, 9.17) is 29.6 Å². The Morgan fingerprint density at radius 1 is 1.53 bits per heavy atom. The van der Waals surface area contributed by atoms with Crippen LogP contribution in [0.1, 0.15) is 18.9 Å². The first-order valence-electron chi connectivity index (χ1n) is 4.54. The number of nitriles is 1. The van der Waals surface area contributed by atoms with Crippen molar-refractivity contribution in [2.45, 2.75) is 18.8 Å². The van der Waals surface area contributed by atoms with Crippen molar-refractivity contribution in [1.82, 2.24) is 0 Å². The van der Waals surface area contributed by atoms with E-state index in [9.17, 15) is 5.26 Å². The molecule has 0 radical (unpaired) electrons. The summed E-state index contributed by atoms with van der Waals surface area (Å²) in [5.74, 6) is 0. The van der Waals surface area contributed by atoms with Crippen LogP contribution in [-0.4, -0.2) is 4.99 Å². The quantitative estimate of drug-likeness (QED) is 0.824. The van der Waals surface area contributed by atoms with Gasteiger partial charge in [-0.05, 0) is 24.1 Å². The third kappa shape index (κ3) is 2.11. The standard InChI is InChI=1S/C11H11ClN2S/c1-2-11(7-13,10(14)15)8-3-5-9(12)6-4-8/h3-6H,2H2,1H3,(H2,14,15). The van der Waals surface area contributed by atoms with E-state index in [2.05, 4.69) is 6.07 Å². The second kappa shape index (κ2) is 4.61. The maximum absolute atomic E-state index is 9.22. The lowest BCUT2D eigenvalue weighted by atomic mass is 9.79. The minimum atomic E-state index is -0.875. The summed E-state index contributed by atoms with van der Waals surface area (Å²) in [6.07, 6.45) is 0.556. The zero-order chi connectivity index (χ0) is 11.5. The molecular weight excluding hydrogens is 228 g/mol. The van der Waals surface area contributed by atoms with Gasteiger partial charge in [0.05, 0.1) is 11.1 Å². The van der Waals surface area contributed by atoms with E-state index in [1.807, 2.05) is 6.92 Å². The van der Waals surface area contributed by atoms with Gasteiger partial charge in [-0.3, -0.25) is 0 Å². The first kappa shape index (κ1) is 12.0.